The predicted octanol–water partition coefficient (Wildman–Crippen LogP) is 2.42. The summed E-state index contributed by atoms with van der Waals surface area (Å²) in [6.07, 6.45) is 0.107. The molecule has 0 heterocycles. The van der Waals surface area contributed by atoms with Crippen molar-refractivity contribution < 1.29 is 43.5 Å². The summed E-state index contributed by atoms with van der Waals surface area (Å²) < 4.78 is 26.1. The molecule has 2 aromatic carbocycles. The minimum atomic E-state index is -0.964. The largest absolute Gasteiger partial charge is 0.491 e. The quantitative estimate of drug-likeness (QED) is 0.325. The van der Waals surface area contributed by atoms with Crippen molar-refractivity contribution in [3.8, 4) is 23.0 Å². The van der Waals surface area contributed by atoms with Gasteiger partial charge < -0.3 is 33.9 Å². The van der Waals surface area contributed by atoms with E-state index in [9.17, 15) is 19.8 Å². The number of carbonyl (C=O) groups excluding carboxylic acids is 2. The monoisotopic (exact) mass is 458 g/mol. The first-order chi connectivity index (χ1) is 15.9. The van der Waals surface area contributed by atoms with Gasteiger partial charge in [0.15, 0.2) is 0 Å². The van der Waals surface area contributed by atoms with Gasteiger partial charge in [-0.3, -0.25) is 0 Å². The van der Waals surface area contributed by atoms with Gasteiger partial charge in [0, 0.05) is 12.2 Å². The molecule has 0 saturated heterocycles. The molecule has 2 aromatic rings. The van der Waals surface area contributed by atoms with Crippen LogP contribution in [0.25, 0.3) is 0 Å². The van der Waals surface area contributed by atoms with Gasteiger partial charge in [0.25, 0.3) is 0 Å². The lowest BCUT2D eigenvalue weighted by molar-refractivity contribution is -0.142. The van der Waals surface area contributed by atoms with Gasteiger partial charge in [0.2, 0.25) is 0 Å². The van der Waals surface area contributed by atoms with Crippen LogP contribution >= 0.6 is 0 Å². The summed E-state index contributed by atoms with van der Waals surface area (Å²) in [4.78, 5) is 21.9. The molecule has 0 aliphatic carbocycles. The van der Waals surface area contributed by atoms with Gasteiger partial charge in [-0.05, 0) is 48.5 Å². The molecule has 33 heavy (non-hydrogen) atoms. The van der Waals surface area contributed by atoms with Crippen molar-refractivity contribution >= 4 is 11.9 Å². The highest BCUT2D eigenvalue weighted by molar-refractivity contribution is 5.81. The van der Waals surface area contributed by atoms with Crippen molar-refractivity contribution in [3.05, 3.63) is 73.8 Å². The molecule has 0 saturated carbocycles. The van der Waals surface area contributed by atoms with Crippen LogP contribution in [0.3, 0.4) is 0 Å². The average molecular weight is 458 g/mol. The molecule has 0 radical (unpaired) electrons. The summed E-state index contributed by atoms with van der Waals surface area (Å²) in [5, 5.41) is 19.5. The van der Waals surface area contributed by atoms with E-state index in [2.05, 4.69) is 13.2 Å². The number of hydrogen-bond donors (Lipinski definition) is 2. The molecular weight excluding hydrogens is 432 g/mol. The lowest BCUT2D eigenvalue weighted by Crippen LogP contribution is -2.24. The number of ether oxygens (including phenoxy) is 5. The van der Waals surface area contributed by atoms with Gasteiger partial charge in [-0.2, -0.15) is 0 Å². The summed E-state index contributed by atoms with van der Waals surface area (Å²) in [5.41, 5.74) is 0. The first kappa shape index (κ1) is 25.4. The smallest absolute Gasteiger partial charge is 0.330 e. The van der Waals surface area contributed by atoms with E-state index in [1.807, 2.05) is 0 Å². The fourth-order valence-electron chi connectivity index (χ4n) is 2.30. The second kappa shape index (κ2) is 13.6. The molecule has 2 unspecified atom stereocenters. The van der Waals surface area contributed by atoms with E-state index < -0.39 is 24.1 Å². The van der Waals surface area contributed by atoms with Gasteiger partial charge in [-0.25, -0.2) is 9.59 Å². The fourth-order valence-corrected chi connectivity index (χ4v) is 2.30. The Morgan fingerprint density at radius 2 is 1.00 bits per heavy atom. The summed E-state index contributed by atoms with van der Waals surface area (Å²) >= 11 is 0. The SMILES string of the molecule is C=CC(=O)OCC(O)COc1ccc(Oc2ccc(OCC(O)COC(=O)C=C)cc2)cc1. The molecule has 0 bridgehead atoms. The third kappa shape index (κ3) is 9.90. The van der Waals surface area contributed by atoms with Gasteiger partial charge >= 0.3 is 11.9 Å². The van der Waals surface area contributed by atoms with E-state index in [1.165, 1.54) is 0 Å². The third-order valence-corrected chi connectivity index (χ3v) is 3.94. The van der Waals surface area contributed by atoms with Crippen molar-refractivity contribution in [2.45, 2.75) is 12.2 Å². The second-order valence-corrected chi connectivity index (χ2v) is 6.64. The number of aliphatic hydroxyl groups excluding tert-OH is 2. The molecular formula is C24H26O9. The van der Waals surface area contributed by atoms with Crippen molar-refractivity contribution in [2.24, 2.45) is 0 Å². The van der Waals surface area contributed by atoms with Gasteiger partial charge in [0.1, 0.15) is 61.6 Å². The maximum absolute atomic E-state index is 11.0. The molecule has 176 valence electrons. The highest BCUT2D eigenvalue weighted by Gasteiger charge is 2.09. The Hall–Kier alpha value is -3.82. The van der Waals surface area contributed by atoms with E-state index in [0.29, 0.717) is 23.0 Å². The Bertz CT molecular complexity index is 831. The molecule has 9 heteroatoms. The molecule has 2 N–H and O–H groups in total. The van der Waals surface area contributed by atoms with E-state index >= 15 is 0 Å². The lowest BCUT2D eigenvalue weighted by Gasteiger charge is -2.13. The number of carbonyl (C=O) groups is 2. The minimum absolute atomic E-state index is 0.0442. The first-order valence-corrected chi connectivity index (χ1v) is 9.97. The van der Waals surface area contributed by atoms with E-state index in [4.69, 9.17) is 23.7 Å². The zero-order valence-corrected chi connectivity index (χ0v) is 17.9. The summed E-state index contributed by atoms with van der Waals surface area (Å²) in [5.74, 6) is 0.931. The van der Waals surface area contributed by atoms with Gasteiger partial charge in [-0.1, -0.05) is 13.2 Å². The number of benzene rings is 2. The Morgan fingerprint density at radius 3 is 1.33 bits per heavy atom. The van der Waals surface area contributed by atoms with Crippen LogP contribution in [0.15, 0.2) is 73.8 Å². The Morgan fingerprint density at radius 1 is 0.667 bits per heavy atom. The van der Waals surface area contributed by atoms with E-state index in [0.717, 1.165) is 12.2 Å². The zero-order chi connectivity index (χ0) is 24.1. The lowest BCUT2D eigenvalue weighted by atomic mass is 10.3. The average Bonchev–Trinajstić information content (AvgIpc) is 2.84. The Kier molecular flexibility index (Phi) is 10.5. The standard InChI is InChI=1S/C24H26O9/c1-3-23(27)31-15-17(25)13-29-19-5-9-21(10-6-19)33-22-11-7-20(8-12-22)30-14-18(26)16-32-24(28)4-2/h3-12,17-18,25-26H,1-2,13-16H2. The van der Waals surface area contributed by atoms with Crippen LogP contribution in [0.4, 0.5) is 0 Å². The second-order valence-electron chi connectivity index (χ2n) is 6.64. The summed E-state index contributed by atoms with van der Waals surface area (Å²) in [7, 11) is 0. The van der Waals surface area contributed by atoms with Crippen molar-refractivity contribution in [1.82, 2.24) is 0 Å². The summed E-state index contributed by atoms with van der Waals surface area (Å²) in [6, 6.07) is 13.5. The highest BCUT2D eigenvalue weighted by atomic mass is 16.6. The number of esters is 2. The van der Waals surface area contributed by atoms with Crippen LogP contribution in [0, 0.1) is 0 Å². The van der Waals surface area contributed by atoms with Crippen LogP contribution in [0.5, 0.6) is 23.0 Å². The molecule has 2 atom stereocenters. The molecule has 2 rings (SSSR count). The molecule has 0 fully saturated rings. The van der Waals surface area contributed by atoms with Gasteiger partial charge in [-0.15, -0.1) is 0 Å². The van der Waals surface area contributed by atoms with Gasteiger partial charge in [0.05, 0.1) is 0 Å². The summed E-state index contributed by atoms with van der Waals surface area (Å²) in [6.45, 7) is 6.08. The van der Waals surface area contributed by atoms with Crippen LogP contribution in [0.1, 0.15) is 0 Å². The van der Waals surface area contributed by atoms with Crippen LogP contribution in [0.2, 0.25) is 0 Å². The predicted molar refractivity (Wildman–Crippen MR) is 118 cm³/mol. The van der Waals surface area contributed by atoms with Crippen LogP contribution < -0.4 is 14.2 Å². The van der Waals surface area contributed by atoms with E-state index in [1.54, 1.807) is 48.5 Å². The topological polar surface area (TPSA) is 121 Å². The maximum Gasteiger partial charge on any atom is 0.330 e. The fraction of sp³-hybridized carbons (Fsp3) is 0.250. The highest BCUT2D eigenvalue weighted by Crippen LogP contribution is 2.25. The molecule has 9 nitrogen and oxygen atoms in total. The zero-order valence-electron chi connectivity index (χ0n) is 17.9. The first-order valence-electron chi connectivity index (χ1n) is 9.97. The number of rotatable bonds is 14. The van der Waals surface area contributed by atoms with E-state index in [-0.39, 0.29) is 26.4 Å². The van der Waals surface area contributed by atoms with Crippen molar-refractivity contribution in [1.29, 1.82) is 0 Å². The normalized spacial score (nSPS) is 12.1. The minimum Gasteiger partial charge on any atom is -0.491 e. The van der Waals surface area contributed by atoms with Crippen molar-refractivity contribution in [2.75, 3.05) is 26.4 Å². The molecule has 0 spiro atoms. The third-order valence-electron chi connectivity index (χ3n) is 3.94. The van der Waals surface area contributed by atoms with Crippen molar-refractivity contribution in [3.63, 3.8) is 0 Å². The molecule has 0 aliphatic rings. The Labute approximate surface area is 191 Å². The number of aliphatic hydroxyl groups is 2. The molecule has 0 amide bonds. The molecule has 0 aliphatic heterocycles. The molecule has 0 aromatic heterocycles. The maximum atomic E-state index is 11.0. The number of hydrogen-bond acceptors (Lipinski definition) is 9. The Balaban J connectivity index is 1.74. The van der Waals surface area contributed by atoms with Crippen LogP contribution in [-0.4, -0.2) is 60.8 Å². The van der Waals surface area contributed by atoms with Crippen LogP contribution in [-0.2, 0) is 19.1 Å².